The molecule has 1 unspecified atom stereocenters. The van der Waals surface area contributed by atoms with Crippen LogP contribution in [0.2, 0.25) is 5.02 Å². The van der Waals surface area contributed by atoms with E-state index in [1.54, 1.807) is 13.0 Å². The van der Waals surface area contributed by atoms with Gasteiger partial charge in [0.2, 0.25) is 0 Å². The SMILES string of the molecule is CC(O)c1cccn1Cc1ccc([N+](=O)[O-])cc1Cl. The number of benzene rings is 1. The van der Waals surface area contributed by atoms with Crippen LogP contribution in [0.1, 0.15) is 24.3 Å². The minimum Gasteiger partial charge on any atom is -0.387 e. The molecule has 0 amide bonds. The molecule has 2 aromatic rings. The Morgan fingerprint density at radius 1 is 1.47 bits per heavy atom. The van der Waals surface area contributed by atoms with Gasteiger partial charge in [0, 0.05) is 30.6 Å². The Morgan fingerprint density at radius 3 is 2.79 bits per heavy atom. The predicted molar refractivity (Wildman–Crippen MR) is 72.3 cm³/mol. The molecule has 0 bridgehead atoms. The van der Waals surface area contributed by atoms with Crippen LogP contribution < -0.4 is 0 Å². The lowest BCUT2D eigenvalue weighted by Gasteiger charge is -2.12. The molecule has 100 valence electrons. The van der Waals surface area contributed by atoms with Crippen LogP contribution >= 0.6 is 11.6 Å². The number of nitrogens with zero attached hydrogens (tertiary/aromatic N) is 2. The molecule has 0 aliphatic heterocycles. The molecule has 0 radical (unpaired) electrons. The molecular weight excluding hydrogens is 268 g/mol. The van der Waals surface area contributed by atoms with Gasteiger partial charge in [-0.3, -0.25) is 10.1 Å². The van der Waals surface area contributed by atoms with Gasteiger partial charge in [0.15, 0.2) is 0 Å². The number of non-ortho nitro benzene ring substituents is 1. The topological polar surface area (TPSA) is 68.3 Å². The van der Waals surface area contributed by atoms with Crippen molar-refractivity contribution in [1.29, 1.82) is 0 Å². The molecule has 1 aromatic heterocycles. The summed E-state index contributed by atoms with van der Waals surface area (Å²) in [6, 6.07) is 8.05. The largest absolute Gasteiger partial charge is 0.387 e. The van der Waals surface area contributed by atoms with Gasteiger partial charge in [-0.1, -0.05) is 11.6 Å². The fraction of sp³-hybridized carbons (Fsp3) is 0.231. The molecular formula is C13H13ClN2O3. The van der Waals surface area contributed by atoms with Gasteiger partial charge in [-0.25, -0.2) is 0 Å². The monoisotopic (exact) mass is 280 g/mol. The molecule has 6 heteroatoms. The fourth-order valence-corrected chi connectivity index (χ4v) is 2.15. The summed E-state index contributed by atoms with van der Waals surface area (Å²) in [6.07, 6.45) is 1.26. The summed E-state index contributed by atoms with van der Waals surface area (Å²) in [5.74, 6) is 0. The second-order valence-corrected chi connectivity index (χ2v) is 4.68. The number of hydrogen-bond donors (Lipinski definition) is 1. The van der Waals surface area contributed by atoms with E-state index in [-0.39, 0.29) is 5.69 Å². The summed E-state index contributed by atoms with van der Waals surface area (Å²) in [5, 5.41) is 20.6. The van der Waals surface area contributed by atoms with E-state index in [1.165, 1.54) is 12.1 Å². The normalized spacial score (nSPS) is 12.4. The van der Waals surface area contributed by atoms with Gasteiger partial charge in [-0.15, -0.1) is 0 Å². The highest BCUT2D eigenvalue weighted by Crippen LogP contribution is 2.24. The highest BCUT2D eigenvalue weighted by molar-refractivity contribution is 6.31. The van der Waals surface area contributed by atoms with E-state index in [1.807, 2.05) is 22.9 Å². The standard InChI is InChI=1S/C13H13ClN2O3/c1-9(17)13-3-2-6-15(13)8-10-4-5-11(16(18)19)7-12(10)14/h2-7,9,17H,8H2,1H3. The van der Waals surface area contributed by atoms with Crippen molar-refractivity contribution < 1.29 is 10.0 Å². The zero-order valence-electron chi connectivity index (χ0n) is 10.3. The number of aliphatic hydroxyl groups is 1. The van der Waals surface area contributed by atoms with Crippen molar-refractivity contribution in [2.75, 3.05) is 0 Å². The minimum atomic E-state index is -0.577. The number of hydrogen-bond acceptors (Lipinski definition) is 3. The first-order valence-electron chi connectivity index (χ1n) is 5.75. The smallest absolute Gasteiger partial charge is 0.270 e. The molecule has 0 aliphatic carbocycles. The van der Waals surface area contributed by atoms with E-state index >= 15 is 0 Å². The van der Waals surface area contributed by atoms with Gasteiger partial charge in [-0.2, -0.15) is 0 Å². The van der Waals surface area contributed by atoms with Crippen molar-refractivity contribution in [2.24, 2.45) is 0 Å². The zero-order chi connectivity index (χ0) is 14.0. The lowest BCUT2D eigenvalue weighted by molar-refractivity contribution is -0.384. The van der Waals surface area contributed by atoms with E-state index in [2.05, 4.69) is 0 Å². The molecule has 0 spiro atoms. The van der Waals surface area contributed by atoms with Gasteiger partial charge in [-0.05, 0) is 30.7 Å². The van der Waals surface area contributed by atoms with E-state index in [0.717, 1.165) is 11.3 Å². The van der Waals surface area contributed by atoms with Crippen LogP contribution in [0.15, 0.2) is 36.5 Å². The second-order valence-electron chi connectivity index (χ2n) is 4.27. The number of aliphatic hydroxyl groups excluding tert-OH is 1. The number of halogens is 1. The highest BCUT2D eigenvalue weighted by Gasteiger charge is 2.12. The summed E-state index contributed by atoms with van der Waals surface area (Å²) in [5.41, 5.74) is 1.51. The van der Waals surface area contributed by atoms with Crippen LogP contribution in [0.4, 0.5) is 5.69 Å². The third kappa shape index (κ3) is 2.94. The van der Waals surface area contributed by atoms with Gasteiger partial charge in [0.1, 0.15) is 0 Å². The highest BCUT2D eigenvalue weighted by atomic mass is 35.5. The summed E-state index contributed by atoms with van der Waals surface area (Å²) in [6.45, 7) is 2.15. The number of aromatic nitrogens is 1. The summed E-state index contributed by atoms with van der Waals surface area (Å²) < 4.78 is 1.86. The van der Waals surface area contributed by atoms with Crippen molar-refractivity contribution in [3.05, 3.63) is 62.9 Å². The molecule has 1 atom stereocenters. The van der Waals surface area contributed by atoms with Crippen LogP contribution in [-0.2, 0) is 6.54 Å². The van der Waals surface area contributed by atoms with E-state index in [9.17, 15) is 15.2 Å². The molecule has 1 N–H and O–H groups in total. The van der Waals surface area contributed by atoms with Crippen molar-refractivity contribution >= 4 is 17.3 Å². The van der Waals surface area contributed by atoms with Crippen molar-refractivity contribution in [2.45, 2.75) is 19.6 Å². The molecule has 19 heavy (non-hydrogen) atoms. The number of rotatable bonds is 4. The van der Waals surface area contributed by atoms with Crippen LogP contribution in [0.3, 0.4) is 0 Å². The first-order chi connectivity index (χ1) is 8.99. The number of nitro groups is 1. The third-order valence-electron chi connectivity index (χ3n) is 2.88. The first-order valence-corrected chi connectivity index (χ1v) is 6.12. The maximum Gasteiger partial charge on any atom is 0.270 e. The van der Waals surface area contributed by atoms with Crippen molar-refractivity contribution in [3.63, 3.8) is 0 Å². The summed E-state index contributed by atoms with van der Waals surface area (Å²) in [7, 11) is 0. The number of nitro benzene ring substituents is 1. The van der Waals surface area contributed by atoms with Gasteiger partial charge >= 0.3 is 0 Å². The maximum atomic E-state index is 10.6. The van der Waals surface area contributed by atoms with Gasteiger partial charge in [0.05, 0.1) is 16.0 Å². The van der Waals surface area contributed by atoms with E-state index in [0.29, 0.717) is 11.6 Å². The summed E-state index contributed by atoms with van der Waals surface area (Å²) in [4.78, 5) is 10.2. The van der Waals surface area contributed by atoms with Crippen molar-refractivity contribution in [1.82, 2.24) is 4.57 Å². The molecule has 0 aliphatic rings. The van der Waals surface area contributed by atoms with Gasteiger partial charge < -0.3 is 9.67 Å². The molecule has 0 fully saturated rings. The molecule has 0 saturated carbocycles. The summed E-state index contributed by atoms with van der Waals surface area (Å²) >= 11 is 6.04. The Morgan fingerprint density at radius 2 is 2.21 bits per heavy atom. The average Bonchev–Trinajstić information content (AvgIpc) is 2.79. The second kappa shape index (κ2) is 5.42. The lowest BCUT2D eigenvalue weighted by atomic mass is 10.2. The maximum absolute atomic E-state index is 10.6. The molecule has 0 saturated heterocycles. The lowest BCUT2D eigenvalue weighted by Crippen LogP contribution is -2.06. The Bertz CT molecular complexity index is 608. The Balaban J connectivity index is 2.28. The Hall–Kier alpha value is -1.85. The fourth-order valence-electron chi connectivity index (χ4n) is 1.91. The first kappa shape index (κ1) is 13.6. The zero-order valence-corrected chi connectivity index (χ0v) is 11.0. The molecule has 5 nitrogen and oxygen atoms in total. The van der Waals surface area contributed by atoms with Crippen molar-refractivity contribution in [3.8, 4) is 0 Å². The third-order valence-corrected chi connectivity index (χ3v) is 3.23. The van der Waals surface area contributed by atoms with Crippen LogP contribution in [-0.4, -0.2) is 14.6 Å². The van der Waals surface area contributed by atoms with E-state index in [4.69, 9.17) is 11.6 Å². The Labute approximate surface area is 115 Å². The molecule has 2 rings (SSSR count). The van der Waals surface area contributed by atoms with E-state index < -0.39 is 11.0 Å². The molecule has 1 heterocycles. The quantitative estimate of drug-likeness (QED) is 0.691. The minimum absolute atomic E-state index is 0.0306. The predicted octanol–water partition coefficient (Wildman–Crippen LogP) is 3.15. The van der Waals surface area contributed by atoms with Crippen LogP contribution in [0.5, 0.6) is 0 Å². The van der Waals surface area contributed by atoms with Gasteiger partial charge in [0.25, 0.3) is 5.69 Å². The van der Waals surface area contributed by atoms with Crippen LogP contribution in [0, 0.1) is 10.1 Å². The van der Waals surface area contributed by atoms with Crippen LogP contribution in [0.25, 0.3) is 0 Å². The average molecular weight is 281 g/mol. The Kier molecular flexibility index (Phi) is 3.87. The molecule has 1 aromatic carbocycles.